The lowest BCUT2D eigenvalue weighted by molar-refractivity contribution is -0.418. The fraction of sp³-hybridized carbons (Fsp3) is 0.966. The van der Waals surface area contributed by atoms with Gasteiger partial charge in [0.05, 0.1) is 6.10 Å². The highest BCUT2D eigenvalue weighted by Crippen LogP contribution is 2.60. The molecule has 2 saturated carbocycles. The molecule has 284 valence electrons. The van der Waals surface area contributed by atoms with Crippen molar-refractivity contribution < 1.29 is 84.9 Å². The molecule has 4 atom stereocenters. The van der Waals surface area contributed by atoms with Crippen LogP contribution in [-0.4, -0.2) is 60.9 Å². The van der Waals surface area contributed by atoms with E-state index in [0.717, 1.165) is 6.42 Å². The van der Waals surface area contributed by atoms with Crippen LogP contribution in [0, 0.1) is 35.0 Å². The van der Waals surface area contributed by atoms with E-state index in [1.165, 1.54) is 0 Å². The predicted molar refractivity (Wildman–Crippen MR) is 138 cm³/mol. The summed E-state index contributed by atoms with van der Waals surface area (Å²) in [6, 6.07) is 0. The third-order valence-corrected chi connectivity index (χ3v) is 10.1. The Bertz CT molecular complexity index is 1040. The first-order valence-electron chi connectivity index (χ1n) is 15.3. The maximum Gasteiger partial charge on any atom is 0.437 e. The number of rotatable bonds is 10. The van der Waals surface area contributed by atoms with Gasteiger partial charge in [0.1, 0.15) is 6.79 Å². The molecule has 0 spiro atoms. The van der Waals surface area contributed by atoms with Crippen LogP contribution < -0.4 is 0 Å². The lowest BCUT2D eigenvalue weighted by Gasteiger charge is -2.49. The van der Waals surface area contributed by atoms with Gasteiger partial charge in [-0.1, -0.05) is 34.1 Å². The van der Waals surface area contributed by atoms with Crippen molar-refractivity contribution in [1.29, 1.82) is 0 Å². The van der Waals surface area contributed by atoms with Crippen molar-refractivity contribution in [1.82, 2.24) is 0 Å². The monoisotopic (exact) mass is 736 g/mol. The average molecular weight is 737 g/mol. The Morgan fingerprint density at radius 1 is 0.667 bits per heavy atom. The smallest absolute Gasteiger partial charge is 0.437 e. The van der Waals surface area contributed by atoms with E-state index in [9.17, 15) is 70.7 Å². The largest absolute Gasteiger partial charge is 0.438 e. The lowest BCUT2D eigenvalue weighted by Crippen LogP contribution is -2.67. The Hall–Kier alpha value is -1.66. The van der Waals surface area contributed by atoms with E-state index in [1.807, 2.05) is 0 Å². The molecule has 2 rings (SSSR count). The van der Waals surface area contributed by atoms with Crippen LogP contribution in [0.25, 0.3) is 0 Å². The van der Waals surface area contributed by atoms with Crippen LogP contribution in [0.5, 0.6) is 0 Å². The molecule has 2 aliphatic carbocycles. The molecule has 2 fully saturated rings. The van der Waals surface area contributed by atoms with Crippen LogP contribution in [-0.2, 0) is 19.0 Å². The van der Waals surface area contributed by atoms with Crippen molar-refractivity contribution in [2.24, 2.45) is 35.0 Å². The van der Waals surface area contributed by atoms with Gasteiger partial charge in [-0.3, -0.25) is 4.79 Å². The van der Waals surface area contributed by atoms with Gasteiger partial charge in [-0.2, -0.15) is 65.9 Å². The fourth-order valence-corrected chi connectivity index (χ4v) is 6.87. The van der Waals surface area contributed by atoms with Crippen molar-refractivity contribution >= 4 is 5.97 Å². The van der Waals surface area contributed by atoms with Crippen molar-refractivity contribution in [3.63, 3.8) is 0 Å². The first-order chi connectivity index (χ1) is 21.4. The average Bonchev–Trinajstić information content (AvgIpc) is 2.90. The van der Waals surface area contributed by atoms with E-state index in [-0.39, 0.29) is 31.1 Å². The zero-order valence-corrected chi connectivity index (χ0v) is 26.6. The zero-order valence-electron chi connectivity index (χ0n) is 26.6. The Morgan fingerprint density at radius 2 is 1.08 bits per heavy atom. The highest BCUT2D eigenvalue weighted by atomic mass is 19.4. The first-order valence-corrected chi connectivity index (χ1v) is 15.3. The molecule has 4 nitrogen and oxygen atoms in total. The van der Waals surface area contributed by atoms with E-state index < -0.39 is 110 Å². The first kappa shape index (κ1) is 42.5. The van der Waals surface area contributed by atoms with Gasteiger partial charge >= 0.3 is 42.5 Å². The molecule has 19 heteroatoms. The van der Waals surface area contributed by atoms with Gasteiger partial charge in [-0.05, 0) is 69.6 Å². The van der Waals surface area contributed by atoms with Crippen molar-refractivity contribution in [3.05, 3.63) is 0 Å². The number of hydrogen-bond donors (Lipinski definition) is 0. The van der Waals surface area contributed by atoms with Gasteiger partial charge in [-0.15, -0.1) is 0 Å². The van der Waals surface area contributed by atoms with Crippen LogP contribution in [0.4, 0.5) is 65.9 Å². The molecule has 0 aliphatic heterocycles. The van der Waals surface area contributed by atoms with E-state index in [2.05, 4.69) is 9.47 Å². The molecule has 0 N–H and O–H groups in total. The van der Waals surface area contributed by atoms with Crippen molar-refractivity contribution in [3.8, 4) is 0 Å². The van der Waals surface area contributed by atoms with Gasteiger partial charge in [0, 0.05) is 11.8 Å². The highest BCUT2D eigenvalue weighted by Gasteiger charge is 2.80. The molecule has 0 aromatic carbocycles. The molecular formula is C29H39F15O4. The van der Waals surface area contributed by atoms with Crippen LogP contribution in [0.2, 0.25) is 0 Å². The summed E-state index contributed by atoms with van der Waals surface area (Å²) in [7, 11) is 0. The summed E-state index contributed by atoms with van der Waals surface area (Å²) in [5, 5.41) is 0. The molecule has 0 aromatic rings. The molecule has 0 bridgehead atoms. The topological polar surface area (TPSA) is 44.8 Å². The minimum absolute atomic E-state index is 0.00151. The maximum absolute atomic E-state index is 14.4. The summed E-state index contributed by atoms with van der Waals surface area (Å²) in [4.78, 5) is 12.4. The second kappa shape index (κ2) is 14.2. The molecule has 2 aliphatic rings. The highest BCUT2D eigenvalue weighted by molar-refractivity contribution is 5.78. The Kier molecular flexibility index (Phi) is 12.5. The van der Waals surface area contributed by atoms with Crippen LogP contribution in [0.3, 0.4) is 0 Å². The number of carbonyl (C=O) groups excluding carboxylic acids is 1. The summed E-state index contributed by atoms with van der Waals surface area (Å²) >= 11 is 0. The van der Waals surface area contributed by atoms with Gasteiger partial charge in [-0.25, -0.2) is 0 Å². The minimum atomic E-state index is -6.68. The maximum atomic E-state index is 14.4. The molecular weight excluding hydrogens is 697 g/mol. The Balaban J connectivity index is 2.50. The summed E-state index contributed by atoms with van der Waals surface area (Å²) in [6.07, 6.45) is -38.9. The number of alkyl halides is 15. The number of hydrogen-bond acceptors (Lipinski definition) is 4. The summed E-state index contributed by atoms with van der Waals surface area (Å²) < 4.78 is 227. The third kappa shape index (κ3) is 7.80. The molecule has 0 amide bonds. The standard InChI is InChI=1S/C29H39F15O4/c1-6-22(5,25(30,31)32)21(45)48-24(28(39,40)41,29(42,43)44)18-10-8-17(9-11-18)23(26(33,34)35,27(36,37)38)47-14-46-20-13-16(4)7-12-19(20)15(2)3/h15-20H,6-14H2,1-5H3/t16-,17?,18?,19-,20?,22?/m0/s1. The number of carbonyl (C=O) groups is 1. The Morgan fingerprint density at radius 3 is 1.44 bits per heavy atom. The van der Waals surface area contributed by atoms with E-state index >= 15 is 0 Å². The second-order valence-electron chi connectivity index (χ2n) is 13.4. The normalized spacial score (nSPS) is 27.1. The number of esters is 1. The van der Waals surface area contributed by atoms with Crippen molar-refractivity contribution in [2.45, 2.75) is 134 Å². The van der Waals surface area contributed by atoms with Gasteiger partial charge in [0.25, 0.3) is 5.60 Å². The van der Waals surface area contributed by atoms with E-state index in [1.54, 1.807) is 20.8 Å². The Labute approximate surface area is 267 Å². The number of ether oxygens (including phenoxy) is 3. The molecule has 48 heavy (non-hydrogen) atoms. The lowest BCUT2D eigenvalue weighted by atomic mass is 9.67. The molecule has 0 saturated heterocycles. The summed E-state index contributed by atoms with van der Waals surface area (Å²) in [6.45, 7) is 4.43. The molecule has 0 heterocycles. The van der Waals surface area contributed by atoms with Gasteiger partial charge in [0.15, 0.2) is 5.41 Å². The quantitative estimate of drug-likeness (QED) is 0.127. The molecule has 2 unspecified atom stereocenters. The van der Waals surface area contributed by atoms with Crippen LogP contribution >= 0.6 is 0 Å². The summed E-state index contributed by atoms with van der Waals surface area (Å²) in [5.41, 5.74) is -14.6. The second-order valence-corrected chi connectivity index (χ2v) is 13.4. The minimum Gasteiger partial charge on any atom is -0.438 e. The predicted octanol–water partition coefficient (Wildman–Crippen LogP) is 10.5. The summed E-state index contributed by atoms with van der Waals surface area (Å²) in [5.74, 6) is -9.17. The van der Waals surface area contributed by atoms with E-state index in [0.29, 0.717) is 13.3 Å². The van der Waals surface area contributed by atoms with Gasteiger partial charge in [0.2, 0.25) is 0 Å². The van der Waals surface area contributed by atoms with E-state index in [4.69, 9.17) is 4.74 Å². The third-order valence-electron chi connectivity index (χ3n) is 10.1. The number of halogens is 15. The molecule has 0 aromatic heterocycles. The SMILES string of the molecule is CCC(C)(C(=O)OC(C1CCC(C(OCOC2C[C@@H](C)CC[C@H]2C(C)C)(C(F)(F)F)C(F)(F)F)CC1)(C(F)(F)F)C(F)(F)F)C(F)(F)F. The molecule has 0 radical (unpaired) electrons. The van der Waals surface area contributed by atoms with Crippen molar-refractivity contribution in [2.75, 3.05) is 6.79 Å². The zero-order chi connectivity index (χ0) is 37.5. The van der Waals surface area contributed by atoms with Crippen LogP contribution in [0.1, 0.15) is 86.0 Å². The van der Waals surface area contributed by atoms with Crippen LogP contribution in [0.15, 0.2) is 0 Å². The van der Waals surface area contributed by atoms with Gasteiger partial charge < -0.3 is 14.2 Å². The fourth-order valence-electron chi connectivity index (χ4n) is 6.87.